The Morgan fingerprint density at radius 2 is 1.62 bits per heavy atom. The van der Waals surface area contributed by atoms with Crippen molar-refractivity contribution in [2.24, 2.45) is 0 Å². The van der Waals surface area contributed by atoms with Crippen molar-refractivity contribution in [2.45, 2.75) is 12.9 Å². The van der Waals surface area contributed by atoms with Crippen LogP contribution in [0.15, 0.2) is 53.0 Å². The maximum absolute atomic E-state index is 12.3. The van der Waals surface area contributed by atoms with E-state index < -0.39 is 18.2 Å². The van der Waals surface area contributed by atoms with Gasteiger partial charge in [-0.1, -0.05) is 28.1 Å². The van der Waals surface area contributed by atoms with Crippen LogP contribution in [0.3, 0.4) is 0 Å². The number of hydrogen-bond acceptors (Lipinski definition) is 4. The number of rotatable bonds is 4. The molecule has 2 rings (SSSR count). The zero-order valence-electron chi connectivity index (χ0n) is 13.4. The van der Waals surface area contributed by atoms with Gasteiger partial charge in [0.15, 0.2) is 0 Å². The van der Waals surface area contributed by atoms with Crippen molar-refractivity contribution in [2.75, 3.05) is 12.0 Å². The van der Waals surface area contributed by atoms with Gasteiger partial charge in [0.1, 0.15) is 5.75 Å². The third-order valence-corrected chi connectivity index (χ3v) is 3.77. The van der Waals surface area contributed by atoms with Gasteiger partial charge in [-0.2, -0.15) is 0 Å². The quantitative estimate of drug-likeness (QED) is 0.541. The van der Waals surface area contributed by atoms with Crippen molar-refractivity contribution in [3.63, 3.8) is 0 Å². The summed E-state index contributed by atoms with van der Waals surface area (Å²) in [5, 5.41) is 0. The first-order valence-electron chi connectivity index (χ1n) is 7.19. The molecule has 0 unspecified atom stereocenters. The molecule has 0 aliphatic carbocycles. The molecule has 1 amide bonds. The number of amides is 1. The molecule has 5 nitrogen and oxygen atoms in total. The first-order valence-corrected chi connectivity index (χ1v) is 7.99. The smallest absolute Gasteiger partial charge is 0.462 e. The molecule has 0 fully saturated rings. The van der Waals surface area contributed by atoms with Crippen LogP contribution in [0.25, 0.3) is 0 Å². The van der Waals surface area contributed by atoms with E-state index in [4.69, 9.17) is 0 Å². The summed E-state index contributed by atoms with van der Waals surface area (Å²) in [7, 11) is 1.09. The van der Waals surface area contributed by atoms with Gasteiger partial charge >= 0.3 is 18.2 Å². The lowest BCUT2D eigenvalue weighted by Crippen LogP contribution is -2.36. The summed E-state index contributed by atoms with van der Waals surface area (Å²) in [6, 6.07) is 11.6. The van der Waals surface area contributed by atoms with E-state index in [2.05, 4.69) is 25.4 Å². The molecule has 0 saturated carbocycles. The Morgan fingerprint density at radius 1 is 1.04 bits per heavy atom. The van der Waals surface area contributed by atoms with Gasteiger partial charge in [-0.25, -0.2) is 4.79 Å². The van der Waals surface area contributed by atoms with E-state index >= 15 is 0 Å². The average Bonchev–Trinajstić information content (AvgIpc) is 2.59. The van der Waals surface area contributed by atoms with E-state index in [0.717, 1.165) is 28.6 Å². The van der Waals surface area contributed by atoms with Crippen molar-refractivity contribution in [1.82, 2.24) is 0 Å². The molecule has 2 aromatic carbocycles. The van der Waals surface area contributed by atoms with Crippen LogP contribution in [-0.4, -0.2) is 25.3 Å². The molecule has 0 saturated heterocycles. The number of ether oxygens (including phenoxy) is 2. The lowest BCUT2D eigenvalue weighted by molar-refractivity contribution is -0.274. The minimum Gasteiger partial charge on any atom is -0.462 e. The zero-order chi connectivity index (χ0) is 19.3. The number of carbonyl (C=O) groups excluding carboxylic acids is 2. The highest BCUT2D eigenvalue weighted by Gasteiger charge is 2.31. The Labute approximate surface area is 155 Å². The molecule has 0 heterocycles. The Morgan fingerprint density at radius 3 is 2.12 bits per heavy atom. The van der Waals surface area contributed by atoms with Crippen LogP contribution in [0.2, 0.25) is 0 Å². The number of carbonyl (C=O) groups is 2. The third-order valence-electron chi connectivity index (χ3n) is 3.24. The molecular weight excluding hydrogens is 419 g/mol. The van der Waals surface area contributed by atoms with Gasteiger partial charge in [0.05, 0.1) is 13.7 Å². The Kier molecular flexibility index (Phi) is 6.25. The van der Waals surface area contributed by atoms with Gasteiger partial charge in [-0.05, 0) is 42.0 Å². The monoisotopic (exact) mass is 431 g/mol. The predicted octanol–water partition coefficient (Wildman–Crippen LogP) is 4.05. The third kappa shape index (κ3) is 5.48. The number of anilines is 1. The van der Waals surface area contributed by atoms with E-state index in [-0.39, 0.29) is 12.3 Å². The van der Waals surface area contributed by atoms with Gasteiger partial charge < -0.3 is 9.47 Å². The van der Waals surface area contributed by atoms with Crippen molar-refractivity contribution in [3.05, 3.63) is 58.6 Å². The molecule has 0 atom stereocenters. The normalized spacial score (nSPS) is 11.0. The second kappa shape index (κ2) is 8.22. The lowest BCUT2D eigenvalue weighted by Gasteiger charge is -2.22. The maximum Gasteiger partial charge on any atom is 0.573 e. The first-order chi connectivity index (χ1) is 12.2. The summed E-state index contributed by atoms with van der Waals surface area (Å²) in [4.78, 5) is 25.1. The van der Waals surface area contributed by atoms with Crippen molar-refractivity contribution >= 4 is 33.5 Å². The molecule has 0 aliphatic heterocycles. The molecular formula is C17H13BrF3NO4. The molecule has 26 heavy (non-hydrogen) atoms. The molecule has 0 aliphatic rings. The van der Waals surface area contributed by atoms with Crippen molar-refractivity contribution < 1.29 is 32.2 Å². The van der Waals surface area contributed by atoms with E-state index in [1.165, 1.54) is 12.1 Å². The van der Waals surface area contributed by atoms with Gasteiger partial charge in [0.25, 0.3) is 0 Å². The second-order valence-corrected chi connectivity index (χ2v) is 5.97. The number of methoxy groups -OCH3 is 1. The van der Waals surface area contributed by atoms with E-state index in [1.54, 1.807) is 24.3 Å². The summed E-state index contributed by atoms with van der Waals surface area (Å²) < 4.78 is 45.7. The standard InChI is InChI=1S/C17H13BrF3NO4/c1-25-16(24)15(23)22(13-6-4-12(18)5-7-13)10-11-2-8-14(9-3-11)26-17(19,20)21/h2-9H,10H2,1H3. The number of nitrogens with zero attached hydrogens (tertiary/aromatic N) is 1. The molecule has 2 aromatic rings. The van der Waals surface area contributed by atoms with Crippen molar-refractivity contribution in [1.29, 1.82) is 0 Å². The van der Waals surface area contributed by atoms with Crippen LogP contribution in [0.5, 0.6) is 5.75 Å². The molecule has 0 spiro atoms. The molecule has 0 N–H and O–H groups in total. The van der Waals surface area contributed by atoms with Crippen LogP contribution >= 0.6 is 15.9 Å². The highest BCUT2D eigenvalue weighted by atomic mass is 79.9. The second-order valence-electron chi connectivity index (χ2n) is 5.05. The SMILES string of the molecule is COC(=O)C(=O)N(Cc1ccc(OC(F)(F)F)cc1)c1ccc(Br)cc1. The predicted molar refractivity (Wildman–Crippen MR) is 90.5 cm³/mol. The van der Waals surface area contributed by atoms with Gasteiger partial charge in [0, 0.05) is 10.2 Å². The number of hydrogen-bond donors (Lipinski definition) is 0. The Bertz CT molecular complexity index is 776. The lowest BCUT2D eigenvalue weighted by atomic mass is 10.2. The minimum absolute atomic E-state index is 0.0398. The molecule has 0 radical (unpaired) electrons. The molecule has 0 bridgehead atoms. The van der Waals surface area contributed by atoms with E-state index in [0.29, 0.717) is 11.3 Å². The molecule has 9 heteroatoms. The summed E-state index contributed by atoms with van der Waals surface area (Å²) in [5.74, 6) is -2.33. The summed E-state index contributed by atoms with van der Waals surface area (Å²) in [6.07, 6.45) is -4.79. The highest BCUT2D eigenvalue weighted by molar-refractivity contribution is 9.10. The van der Waals surface area contributed by atoms with Crippen molar-refractivity contribution in [3.8, 4) is 5.75 Å². The van der Waals surface area contributed by atoms with E-state index in [1.807, 2.05) is 0 Å². The fourth-order valence-electron chi connectivity index (χ4n) is 2.08. The Hall–Kier alpha value is -2.55. The fraction of sp³-hybridized carbons (Fsp3) is 0.176. The summed E-state index contributed by atoms with van der Waals surface area (Å²) in [6.45, 7) is -0.0398. The summed E-state index contributed by atoms with van der Waals surface area (Å²) >= 11 is 3.27. The largest absolute Gasteiger partial charge is 0.573 e. The van der Waals surface area contributed by atoms with E-state index in [9.17, 15) is 22.8 Å². The minimum atomic E-state index is -4.79. The number of alkyl halides is 3. The van der Waals surface area contributed by atoms with Crippen LogP contribution in [-0.2, 0) is 20.9 Å². The number of benzene rings is 2. The summed E-state index contributed by atoms with van der Waals surface area (Å²) in [5.41, 5.74) is 0.930. The fourth-order valence-corrected chi connectivity index (χ4v) is 2.34. The molecule has 0 aromatic heterocycles. The number of esters is 1. The van der Waals surface area contributed by atoms with Crippen LogP contribution < -0.4 is 9.64 Å². The molecule has 138 valence electrons. The maximum atomic E-state index is 12.3. The van der Waals surface area contributed by atoms with Gasteiger partial charge in [-0.3, -0.25) is 9.69 Å². The topological polar surface area (TPSA) is 55.8 Å². The number of halogens is 4. The first kappa shape index (κ1) is 19.8. The highest BCUT2D eigenvalue weighted by Crippen LogP contribution is 2.25. The Balaban J connectivity index is 2.25. The average molecular weight is 432 g/mol. The van der Waals surface area contributed by atoms with Gasteiger partial charge in [-0.15, -0.1) is 13.2 Å². The van der Waals surface area contributed by atoms with Gasteiger partial charge in [0.2, 0.25) is 0 Å². The zero-order valence-corrected chi connectivity index (χ0v) is 15.0. The van der Waals surface area contributed by atoms with Crippen LogP contribution in [0, 0.1) is 0 Å². The van der Waals surface area contributed by atoms with Crippen LogP contribution in [0.1, 0.15) is 5.56 Å². The van der Waals surface area contributed by atoms with Crippen LogP contribution in [0.4, 0.5) is 18.9 Å².